The van der Waals surface area contributed by atoms with Gasteiger partial charge >= 0.3 is 6.18 Å². The van der Waals surface area contributed by atoms with Crippen molar-refractivity contribution in [3.8, 4) is 0 Å². The second kappa shape index (κ2) is 5.29. The number of fused-ring (bicyclic) bond motifs is 1. The number of benzene rings is 1. The zero-order chi connectivity index (χ0) is 17.6. The van der Waals surface area contributed by atoms with E-state index < -0.39 is 51.4 Å². The molecule has 0 atom stereocenters. The monoisotopic (exact) mass is 341 g/mol. The van der Waals surface area contributed by atoms with Crippen molar-refractivity contribution in [2.24, 2.45) is 0 Å². The van der Waals surface area contributed by atoms with E-state index in [0.29, 0.717) is 6.07 Å². The van der Waals surface area contributed by atoms with Gasteiger partial charge < -0.3 is 10.7 Å². The maximum Gasteiger partial charge on any atom is 0.417 e. The molecule has 0 amide bonds. The van der Waals surface area contributed by atoms with Gasteiger partial charge in [-0.25, -0.2) is 13.8 Å². The number of nitrogens with one attached hydrogen (secondary N) is 1. The Kier molecular flexibility index (Phi) is 3.51. The van der Waals surface area contributed by atoms with Crippen LogP contribution in [-0.2, 0) is 6.18 Å². The van der Waals surface area contributed by atoms with E-state index in [9.17, 15) is 26.7 Å². The number of aromatic amines is 1. The van der Waals surface area contributed by atoms with E-state index in [1.807, 2.05) is 0 Å². The van der Waals surface area contributed by atoms with Crippen LogP contribution in [0.4, 0.5) is 27.6 Å². The summed E-state index contributed by atoms with van der Waals surface area (Å²) in [6.07, 6.45) is -2.93. The number of anilines is 1. The lowest BCUT2D eigenvalue weighted by molar-refractivity contribution is -0.136. The van der Waals surface area contributed by atoms with E-state index in [4.69, 9.17) is 5.73 Å². The van der Waals surface area contributed by atoms with Crippen molar-refractivity contribution in [3.05, 3.63) is 58.9 Å². The predicted molar refractivity (Wildman–Crippen MR) is 75.3 cm³/mol. The molecule has 124 valence electrons. The van der Waals surface area contributed by atoms with Crippen LogP contribution >= 0.6 is 0 Å². The van der Waals surface area contributed by atoms with Crippen molar-refractivity contribution < 1.29 is 26.7 Å². The summed E-state index contributed by atoms with van der Waals surface area (Å²) in [7, 11) is 0. The van der Waals surface area contributed by atoms with Crippen LogP contribution in [0.2, 0.25) is 0 Å². The lowest BCUT2D eigenvalue weighted by Crippen LogP contribution is -2.12. The molecule has 0 fully saturated rings. The highest BCUT2D eigenvalue weighted by Crippen LogP contribution is 2.36. The fourth-order valence-corrected chi connectivity index (χ4v) is 2.38. The van der Waals surface area contributed by atoms with Crippen molar-refractivity contribution >= 4 is 22.5 Å². The molecule has 0 aliphatic heterocycles. The van der Waals surface area contributed by atoms with Gasteiger partial charge in [0.05, 0.1) is 22.4 Å². The molecule has 0 aliphatic carbocycles. The molecule has 0 unspecified atom stereocenters. The number of nitrogen functional groups attached to an aromatic ring is 1. The predicted octanol–water partition coefficient (Wildman–Crippen LogP) is 3.67. The highest BCUT2D eigenvalue weighted by atomic mass is 19.4. The van der Waals surface area contributed by atoms with Crippen molar-refractivity contribution in [3.63, 3.8) is 0 Å². The van der Waals surface area contributed by atoms with Gasteiger partial charge in [-0.3, -0.25) is 4.79 Å². The first-order chi connectivity index (χ1) is 11.2. The minimum Gasteiger partial charge on any atom is -0.396 e. The lowest BCUT2D eigenvalue weighted by atomic mass is 9.99. The molecule has 0 saturated carbocycles. The Morgan fingerprint density at radius 2 is 1.88 bits per heavy atom. The van der Waals surface area contributed by atoms with Gasteiger partial charge in [0.15, 0.2) is 5.82 Å². The van der Waals surface area contributed by atoms with Crippen LogP contribution in [0.5, 0.6) is 0 Å². The van der Waals surface area contributed by atoms with Crippen LogP contribution in [0.25, 0.3) is 11.0 Å². The molecule has 1 aromatic carbocycles. The number of aromatic nitrogens is 2. The summed E-state index contributed by atoms with van der Waals surface area (Å²) in [4.78, 5) is 18.5. The third-order valence-corrected chi connectivity index (χ3v) is 3.47. The number of nitrogens with two attached hydrogens (primary N) is 1. The highest BCUT2D eigenvalue weighted by Gasteiger charge is 2.35. The molecule has 2 heterocycles. The third-order valence-electron chi connectivity index (χ3n) is 3.47. The molecule has 3 N–H and O–H groups in total. The Hall–Kier alpha value is -2.97. The minimum atomic E-state index is -4.77. The van der Waals surface area contributed by atoms with Crippen LogP contribution < -0.4 is 5.73 Å². The van der Waals surface area contributed by atoms with Gasteiger partial charge in [-0.05, 0) is 18.2 Å². The number of hydrogen-bond donors (Lipinski definition) is 2. The summed E-state index contributed by atoms with van der Waals surface area (Å²) in [5.74, 6) is -3.81. The maximum absolute atomic E-state index is 14.0. The normalized spacial score (nSPS) is 11.9. The first-order valence-corrected chi connectivity index (χ1v) is 6.53. The number of carbonyl (C=O) groups is 1. The highest BCUT2D eigenvalue weighted by molar-refractivity contribution is 6.17. The van der Waals surface area contributed by atoms with E-state index >= 15 is 0 Å². The fourth-order valence-electron chi connectivity index (χ4n) is 2.38. The molecule has 2 aromatic heterocycles. The standard InChI is InChI=1S/C15H8F5N3O/c16-8-1-2-9(21)12(17)11(8)13(24)6-5-23-14-10(6)7(3-4-22-14)15(18,19)20/h1-5H,21H2,(H,22,23). The van der Waals surface area contributed by atoms with Crippen molar-refractivity contribution in [1.82, 2.24) is 9.97 Å². The maximum atomic E-state index is 14.0. The molecule has 24 heavy (non-hydrogen) atoms. The molecule has 0 bridgehead atoms. The molecular weight excluding hydrogens is 333 g/mol. The summed E-state index contributed by atoms with van der Waals surface area (Å²) < 4.78 is 67.3. The Balaban J connectivity index is 2.29. The van der Waals surface area contributed by atoms with E-state index in [1.165, 1.54) is 0 Å². The number of alkyl halides is 3. The summed E-state index contributed by atoms with van der Waals surface area (Å²) in [6, 6.07) is 2.36. The van der Waals surface area contributed by atoms with Crippen LogP contribution in [-0.4, -0.2) is 15.8 Å². The third kappa shape index (κ3) is 2.38. The number of pyridine rings is 1. The first kappa shape index (κ1) is 15.9. The van der Waals surface area contributed by atoms with E-state index in [-0.39, 0.29) is 5.65 Å². The second-order valence-corrected chi connectivity index (χ2v) is 4.94. The Morgan fingerprint density at radius 1 is 1.17 bits per heavy atom. The summed E-state index contributed by atoms with van der Waals surface area (Å²) >= 11 is 0. The average Bonchev–Trinajstić information content (AvgIpc) is 2.94. The van der Waals surface area contributed by atoms with Crippen LogP contribution in [0.1, 0.15) is 21.5 Å². The summed E-state index contributed by atoms with van der Waals surface area (Å²) in [5, 5.41) is -0.559. The van der Waals surface area contributed by atoms with E-state index in [0.717, 1.165) is 24.5 Å². The van der Waals surface area contributed by atoms with Crippen LogP contribution in [0, 0.1) is 11.6 Å². The van der Waals surface area contributed by atoms with Crippen molar-refractivity contribution in [2.75, 3.05) is 5.73 Å². The lowest BCUT2D eigenvalue weighted by Gasteiger charge is -2.10. The number of H-pyrrole nitrogens is 1. The number of hydrogen-bond acceptors (Lipinski definition) is 3. The van der Waals surface area contributed by atoms with Gasteiger partial charge in [0.25, 0.3) is 0 Å². The zero-order valence-corrected chi connectivity index (χ0v) is 11.7. The zero-order valence-electron chi connectivity index (χ0n) is 11.7. The molecule has 0 spiro atoms. The van der Waals surface area contributed by atoms with Gasteiger partial charge in [-0.2, -0.15) is 13.2 Å². The fraction of sp³-hybridized carbons (Fsp3) is 0.0667. The van der Waals surface area contributed by atoms with Crippen LogP contribution in [0.15, 0.2) is 30.6 Å². The van der Waals surface area contributed by atoms with Gasteiger partial charge in [0.2, 0.25) is 5.78 Å². The van der Waals surface area contributed by atoms with Gasteiger partial charge in [0.1, 0.15) is 11.5 Å². The Morgan fingerprint density at radius 3 is 2.54 bits per heavy atom. The summed E-state index contributed by atoms with van der Waals surface area (Å²) in [5.41, 5.74) is 1.88. The minimum absolute atomic E-state index is 0.224. The van der Waals surface area contributed by atoms with Gasteiger partial charge in [-0.15, -0.1) is 0 Å². The number of rotatable bonds is 2. The van der Waals surface area contributed by atoms with Crippen molar-refractivity contribution in [1.29, 1.82) is 0 Å². The van der Waals surface area contributed by atoms with Gasteiger partial charge in [-0.1, -0.05) is 0 Å². The van der Waals surface area contributed by atoms with E-state index in [1.54, 1.807) is 0 Å². The van der Waals surface area contributed by atoms with Gasteiger partial charge in [0, 0.05) is 17.8 Å². The molecule has 3 rings (SSSR count). The van der Waals surface area contributed by atoms with Crippen LogP contribution in [0.3, 0.4) is 0 Å². The topological polar surface area (TPSA) is 71.8 Å². The summed E-state index contributed by atoms with van der Waals surface area (Å²) in [6.45, 7) is 0. The molecule has 0 aliphatic rings. The molecule has 4 nitrogen and oxygen atoms in total. The Labute approximate surface area is 131 Å². The molecule has 0 radical (unpaired) electrons. The molecule has 0 saturated heterocycles. The largest absolute Gasteiger partial charge is 0.417 e. The quantitative estimate of drug-likeness (QED) is 0.424. The Bertz CT molecular complexity index is 962. The smallest absolute Gasteiger partial charge is 0.396 e. The first-order valence-electron chi connectivity index (χ1n) is 6.53. The number of ketones is 1. The van der Waals surface area contributed by atoms with E-state index in [2.05, 4.69) is 9.97 Å². The van der Waals surface area contributed by atoms with Crippen molar-refractivity contribution in [2.45, 2.75) is 6.18 Å². The number of nitrogens with zero attached hydrogens (tertiary/aromatic N) is 1. The second-order valence-electron chi connectivity index (χ2n) is 4.94. The molecular formula is C15H8F5N3O. The number of carbonyl (C=O) groups excluding carboxylic acids is 1. The molecule has 9 heteroatoms. The average molecular weight is 341 g/mol. The molecule has 3 aromatic rings. The number of halogens is 5. The SMILES string of the molecule is Nc1ccc(F)c(C(=O)c2c[nH]c3nccc(C(F)(F)F)c23)c1F.